The fraction of sp³-hybridized carbons (Fsp3) is 0.167. The van der Waals surface area contributed by atoms with Crippen LogP contribution in [0.25, 0.3) is 17.0 Å². The van der Waals surface area contributed by atoms with Crippen molar-refractivity contribution in [1.29, 1.82) is 0 Å². The highest BCUT2D eigenvalue weighted by atomic mass is 19.1. The molecule has 142 valence electrons. The SMILES string of the molecule is CCC(c1ccc(F)cc1)n1ncc2nc(-n3cc(C(=O)O)cn3)[nH]c(=O)c21. The summed E-state index contributed by atoms with van der Waals surface area (Å²) in [6, 6.07) is 5.77. The molecule has 28 heavy (non-hydrogen) atoms. The molecule has 2 N–H and O–H groups in total. The van der Waals surface area contributed by atoms with Gasteiger partial charge in [0, 0.05) is 6.20 Å². The summed E-state index contributed by atoms with van der Waals surface area (Å²) in [5.74, 6) is -1.39. The number of H-pyrrole nitrogens is 1. The molecule has 4 rings (SSSR count). The maximum Gasteiger partial charge on any atom is 0.338 e. The zero-order chi connectivity index (χ0) is 19.8. The Bertz CT molecular complexity index is 1220. The molecule has 10 heteroatoms. The topological polar surface area (TPSA) is 119 Å². The van der Waals surface area contributed by atoms with Crippen molar-refractivity contribution in [2.24, 2.45) is 0 Å². The van der Waals surface area contributed by atoms with Gasteiger partial charge in [-0.15, -0.1) is 0 Å². The minimum atomic E-state index is -1.13. The molecule has 9 nitrogen and oxygen atoms in total. The molecule has 0 aliphatic heterocycles. The minimum absolute atomic E-state index is 0.0270. The lowest BCUT2D eigenvalue weighted by Gasteiger charge is -2.17. The van der Waals surface area contributed by atoms with Crippen LogP contribution in [0.3, 0.4) is 0 Å². The molecule has 1 aromatic carbocycles. The highest BCUT2D eigenvalue weighted by Crippen LogP contribution is 2.24. The molecule has 0 bridgehead atoms. The Morgan fingerprint density at radius 1 is 1.25 bits per heavy atom. The molecule has 1 unspecified atom stereocenters. The summed E-state index contributed by atoms with van der Waals surface area (Å²) < 4.78 is 16.0. The molecule has 0 fully saturated rings. The van der Waals surface area contributed by atoms with Crippen molar-refractivity contribution in [2.75, 3.05) is 0 Å². The van der Waals surface area contributed by atoms with Crippen molar-refractivity contribution >= 4 is 17.0 Å². The number of hydrogen-bond donors (Lipinski definition) is 2. The third-order valence-electron chi connectivity index (χ3n) is 4.43. The quantitative estimate of drug-likeness (QED) is 0.546. The molecule has 0 radical (unpaired) electrons. The van der Waals surface area contributed by atoms with E-state index in [-0.39, 0.29) is 28.9 Å². The van der Waals surface area contributed by atoms with Gasteiger partial charge in [0.1, 0.15) is 11.3 Å². The van der Waals surface area contributed by atoms with E-state index in [4.69, 9.17) is 5.11 Å². The monoisotopic (exact) mass is 382 g/mol. The number of nitrogens with zero attached hydrogens (tertiary/aromatic N) is 5. The molecule has 4 aromatic rings. The minimum Gasteiger partial charge on any atom is -0.478 e. The summed E-state index contributed by atoms with van der Waals surface area (Å²) in [4.78, 5) is 30.7. The maximum atomic E-state index is 13.2. The lowest BCUT2D eigenvalue weighted by atomic mass is 10.0. The molecule has 0 aliphatic rings. The van der Waals surface area contributed by atoms with Crippen LogP contribution in [0.4, 0.5) is 4.39 Å². The van der Waals surface area contributed by atoms with E-state index in [0.717, 1.165) is 11.8 Å². The molecule has 1 atom stereocenters. The Labute approximate surface area is 157 Å². The average Bonchev–Trinajstić information content (AvgIpc) is 3.32. The van der Waals surface area contributed by atoms with Gasteiger partial charge in [0.05, 0.1) is 24.0 Å². The van der Waals surface area contributed by atoms with Crippen LogP contribution in [0.1, 0.15) is 35.3 Å². The average molecular weight is 382 g/mol. The number of nitrogens with one attached hydrogen (secondary N) is 1. The Hall–Kier alpha value is -3.82. The highest BCUT2D eigenvalue weighted by Gasteiger charge is 2.19. The number of fused-ring (bicyclic) bond motifs is 1. The first-order valence-electron chi connectivity index (χ1n) is 8.49. The number of aromatic amines is 1. The number of aromatic carboxylic acids is 1. The number of halogens is 1. The van der Waals surface area contributed by atoms with E-state index in [0.29, 0.717) is 11.9 Å². The van der Waals surface area contributed by atoms with Gasteiger partial charge in [0.25, 0.3) is 5.56 Å². The van der Waals surface area contributed by atoms with Crippen molar-refractivity contribution in [2.45, 2.75) is 19.4 Å². The molecule has 0 saturated heterocycles. The van der Waals surface area contributed by atoms with Crippen LogP contribution >= 0.6 is 0 Å². The first kappa shape index (κ1) is 17.6. The van der Waals surface area contributed by atoms with Crippen LogP contribution in [-0.4, -0.2) is 40.6 Å². The first-order chi connectivity index (χ1) is 13.5. The van der Waals surface area contributed by atoms with Crippen molar-refractivity contribution in [3.05, 3.63) is 70.2 Å². The van der Waals surface area contributed by atoms with E-state index < -0.39 is 11.5 Å². The van der Waals surface area contributed by atoms with Gasteiger partial charge in [0.2, 0.25) is 5.95 Å². The largest absolute Gasteiger partial charge is 0.478 e. The van der Waals surface area contributed by atoms with E-state index in [1.165, 1.54) is 29.2 Å². The number of benzene rings is 1. The Kier molecular flexibility index (Phi) is 4.22. The van der Waals surface area contributed by atoms with E-state index in [1.807, 2.05) is 6.92 Å². The van der Waals surface area contributed by atoms with Crippen molar-refractivity contribution in [3.63, 3.8) is 0 Å². The van der Waals surface area contributed by atoms with Gasteiger partial charge in [-0.2, -0.15) is 10.2 Å². The summed E-state index contributed by atoms with van der Waals surface area (Å²) in [7, 11) is 0. The van der Waals surface area contributed by atoms with E-state index in [2.05, 4.69) is 20.2 Å². The number of hydrogen-bond acceptors (Lipinski definition) is 5. The van der Waals surface area contributed by atoms with Crippen molar-refractivity contribution < 1.29 is 14.3 Å². The molecule has 0 saturated carbocycles. The molecule has 0 amide bonds. The number of rotatable bonds is 5. The molecule has 0 aliphatic carbocycles. The Balaban J connectivity index is 1.80. The van der Waals surface area contributed by atoms with Crippen LogP contribution in [-0.2, 0) is 0 Å². The molecule has 3 aromatic heterocycles. The normalized spacial score (nSPS) is 12.4. The van der Waals surface area contributed by atoms with Crippen LogP contribution in [0.5, 0.6) is 0 Å². The lowest BCUT2D eigenvalue weighted by molar-refractivity contribution is 0.0697. The van der Waals surface area contributed by atoms with Gasteiger partial charge < -0.3 is 5.11 Å². The van der Waals surface area contributed by atoms with E-state index >= 15 is 0 Å². The van der Waals surface area contributed by atoms with Gasteiger partial charge in [-0.1, -0.05) is 19.1 Å². The lowest BCUT2D eigenvalue weighted by Crippen LogP contribution is -2.19. The third-order valence-corrected chi connectivity index (χ3v) is 4.43. The molecular weight excluding hydrogens is 367 g/mol. The van der Waals surface area contributed by atoms with E-state index in [1.54, 1.807) is 16.8 Å². The third kappa shape index (κ3) is 2.94. The summed E-state index contributed by atoms with van der Waals surface area (Å²) >= 11 is 0. The summed E-state index contributed by atoms with van der Waals surface area (Å²) in [6.07, 6.45) is 4.51. The molecular formula is C18H15FN6O3. The fourth-order valence-electron chi connectivity index (χ4n) is 3.09. The maximum absolute atomic E-state index is 13.2. The second-order valence-electron chi connectivity index (χ2n) is 6.17. The van der Waals surface area contributed by atoms with Crippen LogP contribution < -0.4 is 5.56 Å². The van der Waals surface area contributed by atoms with Crippen LogP contribution in [0, 0.1) is 5.82 Å². The Morgan fingerprint density at radius 2 is 2.00 bits per heavy atom. The fourth-order valence-corrected chi connectivity index (χ4v) is 3.09. The highest BCUT2D eigenvalue weighted by molar-refractivity contribution is 5.87. The number of carboxylic acid groups (broad SMARTS) is 1. The first-order valence-corrected chi connectivity index (χ1v) is 8.49. The van der Waals surface area contributed by atoms with Crippen LogP contribution in [0.15, 0.2) is 47.7 Å². The summed E-state index contributed by atoms with van der Waals surface area (Å²) in [6.45, 7) is 1.94. The smallest absolute Gasteiger partial charge is 0.338 e. The second kappa shape index (κ2) is 6.72. The number of carboxylic acids is 1. The summed E-state index contributed by atoms with van der Waals surface area (Å²) in [5, 5.41) is 17.2. The Morgan fingerprint density at radius 3 is 2.64 bits per heavy atom. The zero-order valence-electron chi connectivity index (χ0n) is 14.7. The number of carbonyl (C=O) groups is 1. The predicted octanol–water partition coefficient (Wildman–Crippen LogP) is 2.14. The van der Waals surface area contributed by atoms with Gasteiger partial charge in [-0.25, -0.2) is 18.9 Å². The van der Waals surface area contributed by atoms with Crippen LogP contribution in [0.2, 0.25) is 0 Å². The van der Waals surface area contributed by atoms with Gasteiger partial charge >= 0.3 is 5.97 Å². The van der Waals surface area contributed by atoms with Crippen molar-refractivity contribution in [1.82, 2.24) is 29.5 Å². The predicted molar refractivity (Wildman–Crippen MR) is 97.1 cm³/mol. The van der Waals surface area contributed by atoms with Gasteiger partial charge in [-0.05, 0) is 24.1 Å². The van der Waals surface area contributed by atoms with E-state index in [9.17, 15) is 14.0 Å². The standard InChI is InChI=1S/C18H15FN6O3/c1-2-14(10-3-5-12(19)6-4-10)25-15-13(8-21-25)22-18(23-16(15)26)24-9-11(7-20-24)17(27)28/h3-9,14H,2H2,1H3,(H,27,28)(H,22,23,26). The van der Waals surface area contributed by atoms with Crippen molar-refractivity contribution in [3.8, 4) is 5.95 Å². The van der Waals surface area contributed by atoms with Gasteiger partial charge in [-0.3, -0.25) is 14.5 Å². The number of aromatic nitrogens is 6. The second-order valence-corrected chi connectivity index (χ2v) is 6.17. The molecule has 0 spiro atoms. The summed E-state index contributed by atoms with van der Waals surface area (Å²) in [5.41, 5.74) is 0.957. The molecule has 3 heterocycles. The zero-order valence-corrected chi connectivity index (χ0v) is 14.7. The van der Waals surface area contributed by atoms with Gasteiger partial charge in [0.15, 0.2) is 5.52 Å².